The minimum Gasteiger partial charge on any atom is -0.311 e. The molecular formula is C16H14FN5OS. The fourth-order valence-electron chi connectivity index (χ4n) is 2.74. The average molecular weight is 343 g/mol. The lowest BCUT2D eigenvalue weighted by Crippen LogP contribution is -2.43. The van der Waals surface area contributed by atoms with Gasteiger partial charge in [-0.05, 0) is 37.1 Å². The predicted molar refractivity (Wildman–Crippen MR) is 88.4 cm³/mol. The van der Waals surface area contributed by atoms with Crippen molar-refractivity contribution in [3.8, 4) is 0 Å². The van der Waals surface area contributed by atoms with Crippen LogP contribution in [0.15, 0.2) is 47.9 Å². The van der Waals surface area contributed by atoms with Crippen LogP contribution in [0.25, 0.3) is 5.78 Å². The van der Waals surface area contributed by atoms with Crippen LogP contribution in [0.2, 0.25) is 0 Å². The smallest absolute Gasteiger partial charge is 0.253 e. The fourth-order valence-corrected chi connectivity index (χ4v) is 3.78. The zero-order chi connectivity index (χ0) is 16.5. The average Bonchev–Trinajstić information content (AvgIpc) is 2.99. The van der Waals surface area contributed by atoms with Gasteiger partial charge in [0.2, 0.25) is 11.1 Å². The lowest BCUT2D eigenvalue weighted by atomic mass is 10.1. The van der Waals surface area contributed by atoms with Gasteiger partial charge < -0.3 is 4.90 Å². The second-order valence-electron chi connectivity index (χ2n) is 5.48. The van der Waals surface area contributed by atoms with Crippen molar-refractivity contribution in [1.29, 1.82) is 0 Å². The number of thioether (sulfide) groups is 1. The van der Waals surface area contributed by atoms with Crippen LogP contribution in [0.5, 0.6) is 0 Å². The van der Waals surface area contributed by atoms with Crippen molar-refractivity contribution in [2.75, 3.05) is 11.4 Å². The molecule has 1 amide bonds. The first kappa shape index (κ1) is 15.1. The Hall–Kier alpha value is -2.48. The van der Waals surface area contributed by atoms with Crippen molar-refractivity contribution >= 4 is 29.1 Å². The largest absolute Gasteiger partial charge is 0.311 e. The highest BCUT2D eigenvalue weighted by atomic mass is 32.2. The number of halogens is 1. The van der Waals surface area contributed by atoms with Crippen LogP contribution >= 0.6 is 11.8 Å². The van der Waals surface area contributed by atoms with Crippen molar-refractivity contribution in [2.24, 2.45) is 0 Å². The first-order chi connectivity index (χ1) is 11.7. The summed E-state index contributed by atoms with van der Waals surface area (Å²) < 4.78 is 15.0. The van der Waals surface area contributed by atoms with E-state index >= 15 is 0 Å². The first-order valence-electron chi connectivity index (χ1n) is 7.62. The van der Waals surface area contributed by atoms with Gasteiger partial charge in [-0.15, -0.1) is 5.10 Å². The van der Waals surface area contributed by atoms with E-state index in [1.165, 1.54) is 23.9 Å². The predicted octanol–water partition coefficient (Wildman–Crippen LogP) is 2.55. The number of benzene rings is 1. The standard InChI is InChI=1S/C16H14FN5OS/c17-11-4-1-5-12(10-11)21-8-2-6-13(14(21)23)24-16-19-15-18-7-3-9-22(15)20-16/h1,3-5,7,9-10,13H,2,6,8H2. The monoisotopic (exact) mass is 343 g/mol. The van der Waals surface area contributed by atoms with E-state index < -0.39 is 0 Å². The van der Waals surface area contributed by atoms with Crippen LogP contribution in [0.3, 0.4) is 0 Å². The Bertz CT molecular complexity index is 866. The van der Waals surface area contributed by atoms with E-state index in [0.29, 0.717) is 23.2 Å². The number of hydrogen-bond donors (Lipinski definition) is 0. The van der Waals surface area contributed by atoms with Gasteiger partial charge in [0.1, 0.15) is 5.82 Å². The molecule has 1 unspecified atom stereocenters. The summed E-state index contributed by atoms with van der Waals surface area (Å²) in [6, 6.07) is 7.90. The Morgan fingerprint density at radius 2 is 2.21 bits per heavy atom. The molecule has 24 heavy (non-hydrogen) atoms. The summed E-state index contributed by atoms with van der Waals surface area (Å²) in [5, 5.41) is 4.57. The number of amides is 1. The molecule has 1 saturated heterocycles. The number of carbonyl (C=O) groups excluding carboxylic acids is 1. The van der Waals surface area contributed by atoms with Crippen molar-refractivity contribution in [1.82, 2.24) is 19.6 Å². The molecule has 1 fully saturated rings. The molecule has 122 valence electrons. The van der Waals surface area contributed by atoms with Crippen LogP contribution in [-0.4, -0.2) is 37.3 Å². The van der Waals surface area contributed by atoms with Crippen molar-refractivity contribution in [2.45, 2.75) is 23.2 Å². The van der Waals surface area contributed by atoms with E-state index in [9.17, 15) is 9.18 Å². The summed E-state index contributed by atoms with van der Waals surface area (Å²) in [5.74, 6) is 0.122. The Morgan fingerprint density at radius 3 is 3.04 bits per heavy atom. The highest BCUT2D eigenvalue weighted by Gasteiger charge is 2.31. The van der Waals surface area contributed by atoms with Gasteiger partial charge in [0.15, 0.2) is 0 Å². The normalized spacial score (nSPS) is 18.3. The van der Waals surface area contributed by atoms with Crippen LogP contribution in [0.4, 0.5) is 10.1 Å². The summed E-state index contributed by atoms with van der Waals surface area (Å²) in [7, 11) is 0. The minimum absolute atomic E-state index is 0.0383. The van der Waals surface area contributed by atoms with Crippen LogP contribution in [-0.2, 0) is 4.79 Å². The first-order valence-corrected chi connectivity index (χ1v) is 8.50. The van der Waals surface area contributed by atoms with Gasteiger partial charge in [-0.3, -0.25) is 4.79 Å². The van der Waals surface area contributed by atoms with E-state index in [4.69, 9.17) is 0 Å². The number of anilines is 1. The molecule has 0 radical (unpaired) electrons. The molecule has 8 heteroatoms. The summed E-state index contributed by atoms with van der Waals surface area (Å²) in [6.07, 6.45) is 5.01. The van der Waals surface area contributed by atoms with E-state index in [1.54, 1.807) is 40.0 Å². The van der Waals surface area contributed by atoms with Crippen LogP contribution in [0, 0.1) is 5.82 Å². The third-order valence-electron chi connectivity index (χ3n) is 3.85. The number of aromatic nitrogens is 4. The number of rotatable bonds is 3. The van der Waals surface area contributed by atoms with Crippen molar-refractivity contribution in [3.63, 3.8) is 0 Å². The molecule has 0 N–H and O–H groups in total. The molecule has 1 aliphatic heterocycles. The van der Waals surface area contributed by atoms with Gasteiger partial charge in [0.25, 0.3) is 5.78 Å². The number of hydrogen-bond acceptors (Lipinski definition) is 5. The maximum atomic E-state index is 13.4. The molecule has 0 bridgehead atoms. The summed E-state index contributed by atoms with van der Waals surface area (Å²) >= 11 is 1.33. The fraction of sp³-hybridized carbons (Fsp3) is 0.250. The van der Waals surface area contributed by atoms with Gasteiger partial charge in [-0.2, -0.15) is 4.98 Å². The van der Waals surface area contributed by atoms with Gasteiger partial charge in [0, 0.05) is 24.6 Å². The quantitative estimate of drug-likeness (QED) is 0.731. The van der Waals surface area contributed by atoms with E-state index in [0.717, 1.165) is 12.8 Å². The van der Waals surface area contributed by atoms with E-state index in [2.05, 4.69) is 15.1 Å². The second-order valence-corrected chi connectivity index (χ2v) is 6.65. The molecule has 4 rings (SSSR count). The third kappa shape index (κ3) is 2.84. The number of piperidine rings is 1. The summed E-state index contributed by atoms with van der Waals surface area (Å²) in [4.78, 5) is 22.8. The van der Waals surface area contributed by atoms with Gasteiger partial charge >= 0.3 is 0 Å². The molecule has 1 atom stereocenters. The highest BCUT2D eigenvalue weighted by molar-refractivity contribution is 8.00. The lowest BCUT2D eigenvalue weighted by Gasteiger charge is -2.31. The second kappa shape index (κ2) is 6.20. The Kier molecular flexibility index (Phi) is 3.89. The molecule has 1 aliphatic rings. The van der Waals surface area contributed by atoms with Crippen LogP contribution < -0.4 is 4.90 Å². The Balaban J connectivity index is 1.56. The summed E-state index contributed by atoms with van der Waals surface area (Å²) in [5.41, 5.74) is 0.593. The molecule has 6 nitrogen and oxygen atoms in total. The van der Waals surface area contributed by atoms with Gasteiger partial charge in [0.05, 0.1) is 5.25 Å². The number of nitrogens with zero attached hydrogens (tertiary/aromatic N) is 5. The summed E-state index contributed by atoms with van der Waals surface area (Å²) in [6.45, 7) is 0.597. The lowest BCUT2D eigenvalue weighted by molar-refractivity contribution is -0.119. The molecule has 0 saturated carbocycles. The molecule has 1 aromatic carbocycles. The number of fused-ring (bicyclic) bond motifs is 1. The van der Waals surface area contributed by atoms with Crippen LogP contribution in [0.1, 0.15) is 12.8 Å². The number of carbonyl (C=O) groups is 1. The zero-order valence-electron chi connectivity index (χ0n) is 12.7. The van der Waals surface area contributed by atoms with Gasteiger partial charge in [-0.25, -0.2) is 13.9 Å². The van der Waals surface area contributed by atoms with E-state index in [-0.39, 0.29) is 17.0 Å². The molecule has 3 heterocycles. The topological polar surface area (TPSA) is 63.4 Å². The SMILES string of the molecule is O=C1C(Sc2nc3ncccn3n2)CCCN1c1cccc(F)c1. The van der Waals surface area contributed by atoms with E-state index in [1.807, 2.05) is 0 Å². The molecular weight excluding hydrogens is 329 g/mol. The molecule has 3 aromatic rings. The highest BCUT2D eigenvalue weighted by Crippen LogP contribution is 2.31. The Labute approximate surface area is 141 Å². The Morgan fingerprint density at radius 1 is 1.29 bits per heavy atom. The van der Waals surface area contributed by atoms with Crippen molar-refractivity contribution < 1.29 is 9.18 Å². The van der Waals surface area contributed by atoms with Crippen molar-refractivity contribution in [3.05, 3.63) is 48.5 Å². The molecule has 0 aliphatic carbocycles. The maximum absolute atomic E-state index is 13.4. The molecule has 0 spiro atoms. The minimum atomic E-state index is -0.344. The zero-order valence-corrected chi connectivity index (χ0v) is 13.5. The van der Waals surface area contributed by atoms with Gasteiger partial charge in [-0.1, -0.05) is 17.8 Å². The third-order valence-corrected chi connectivity index (χ3v) is 4.96. The molecule has 2 aromatic heterocycles. The maximum Gasteiger partial charge on any atom is 0.253 e.